The lowest BCUT2D eigenvalue weighted by Crippen LogP contribution is -2.73. The van der Waals surface area contributed by atoms with Crippen molar-refractivity contribution in [1.29, 1.82) is 0 Å². The van der Waals surface area contributed by atoms with Crippen LogP contribution >= 0.6 is 0 Å². The van der Waals surface area contributed by atoms with Gasteiger partial charge < -0.3 is 5.32 Å². The predicted molar refractivity (Wildman–Crippen MR) is 108 cm³/mol. The molecule has 29 heavy (non-hydrogen) atoms. The minimum Gasteiger partial charge on any atom is -0.313 e. The molecule has 1 aromatic heterocycles. The van der Waals surface area contributed by atoms with Crippen molar-refractivity contribution in [3.8, 4) is 11.1 Å². The SMILES string of the molecule is O=S(=O)(c1cccc(F)c1)N1[C@@H]2CNC[C@H]1C2c1ccc(-c2ccncc2)cc1. The molecule has 2 saturated heterocycles. The first-order chi connectivity index (χ1) is 14.1. The van der Waals surface area contributed by atoms with Gasteiger partial charge in [0.1, 0.15) is 5.82 Å². The summed E-state index contributed by atoms with van der Waals surface area (Å²) in [5.74, 6) is -0.413. The van der Waals surface area contributed by atoms with Crippen LogP contribution < -0.4 is 5.32 Å². The van der Waals surface area contributed by atoms with E-state index in [1.54, 1.807) is 16.7 Å². The van der Waals surface area contributed by atoms with Gasteiger partial charge in [0, 0.05) is 43.5 Å². The zero-order valence-corrected chi connectivity index (χ0v) is 16.4. The second kappa shape index (κ2) is 7.02. The topological polar surface area (TPSA) is 62.3 Å². The lowest BCUT2D eigenvalue weighted by molar-refractivity contribution is 0.0370. The molecule has 0 spiro atoms. The zero-order chi connectivity index (χ0) is 20.0. The van der Waals surface area contributed by atoms with E-state index in [1.165, 1.54) is 18.2 Å². The number of nitrogens with one attached hydrogen (secondary N) is 1. The molecule has 0 saturated carbocycles. The van der Waals surface area contributed by atoms with Crippen LogP contribution in [0.15, 0.2) is 78.0 Å². The molecule has 2 aliphatic heterocycles. The monoisotopic (exact) mass is 409 g/mol. The first-order valence-corrected chi connectivity index (χ1v) is 11.0. The van der Waals surface area contributed by atoms with Gasteiger partial charge in [0.25, 0.3) is 0 Å². The quantitative estimate of drug-likeness (QED) is 0.720. The maximum absolute atomic E-state index is 13.6. The fourth-order valence-electron chi connectivity index (χ4n) is 4.52. The van der Waals surface area contributed by atoms with Gasteiger partial charge in [-0.3, -0.25) is 4.98 Å². The van der Waals surface area contributed by atoms with Crippen LogP contribution in [0.3, 0.4) is 0 Å². The molecule has 148 valence electrons. The third-order valence-electron chi connectivity index (χ3n) is 5.87. The van der Waals surface area contributed by atoms with Crippen LogP contribution in [0, 0.1) is 5.82 Å². The Bertz CT molecular complexity index is 1120. The lowest BCUT2D eigenvalue weighted by Gasteiger charge is -2.57. The maximum Gasteiger partial charge on any atom is 0.243 e. The summed E-state index contributed by atoms with van der Waals surface area (Å²) in [7, 11) is -3.73. The molecule has 2 bridgehead atoms. The second-order valence-corrected chi connectivity index (χ2v) is 9.31. The van der Waals surface area contributed by atoms with E-state index in [0.717, 1.165) is 22.8 Å². The normalized spacial score (nSPS) is 24.1. The summed E-state index contributed by atoms with van der Waals surface area (Å²) in [6, 6.07) is 17.1. The number of piperidine rings is 1. The molecule has 5 rings (SSSR count). The largest absolute Gasteiger partial charge is 0.313 e. The van der Waals surface area contributed by atoms with E-state index in [1.807, 2.05) is 12.1 Å². The van der Waals surface area contributed by atoms with Gasteiger partial charge in [0.15, 0.2) is 0 Å². The Labute approximate surface area is 169 Å². The minimum absolute atomic E-state index is 0.0147. The first-order valence-electron chi connectivity index (χ1n) is 9.56. The number of aromatic nitrogens is 1. The lowest BCUT2D eigenvalue weighted by atomic mass is 9.74. The predicted octanol–water partition coefficient (Wildman–Crippen LogP) is 3.02. The van der Waals surface area contributed by atoms with Gasteiger partial charge in [-0.2, -0.15) is 4.31 Å². The van der Waals surface area contributed by atoms with E-state index in [-0.39, 0.29) is 22.9 Å². The highest BCUT2D eigenvalue weighted by Crippen LogP contribution is 2.46. The molecule has 5 nitrogen and oxygen atoms in total. The van der Waals surface area contributed by atoms with Gasteiger partial charge in [-0.25, -0.2) is 12.8 Å². The zero-order valence-electron chi connectivity index (χ0n) is 15.6. The molecule has 0 radical (unpaired) electrons. The van der Waals surface area contributed by atoms with Crippen LogP contribution in [-0.4, -0.2) is 42.9 Å². The van der Waals surface area contributed by atoms with Gasteiger partial charge >= 0.3 is 0 Å². The van der Waals surface area contributed by atoms with Crippen molar-refractivity contribution in [2.75, 3.05) is 13.1 Å². The number of pyridine rings is 1. The van der Waals surface area contributed by atoms with Crippen molar-refractivity contribution in [3.63, 3.8) is 0 Å². The summed E-state index contributed by atoms with van der Waals surface area (Å²) in [5.41, 5.74) is 3.32. The number of fused-ring (bicyclic) bond motifs is 2. The standard InChI is InChI=1S/C22H20FN3O2S/c23-18-2-1-3-19(12-18)29(27,28)26-20-13-25-14-21(26)22(20)17-6-4-15(5-7-17)16-8-10-24-11-9-16/h1-12,20-22,25H,13-14H2/t20-,21+,22?. The van der Waals surface area contributed by atoms with Crippen LogP contribution in [-0.2, 0) is 10.0 Å². The summed E-state index contributed by atoms with van der Waals surface area (Å²) in [6.07, 6.45) is 3.53. The van der Waals surface area contributed by atoms with Crippen molar-refractivity contribution in [3.05, 3.63) is 84.4 Å². The highest BCUT2D eigenvalue weighted by atomic mass is 32.2. The average Bonchev–Trinajstić information content (AvgIpc) is 2.75. The van der Waals surface area contributed by atoms with Crippen LogP contribution in [0.25, 0.3) is 11.1 Å². The number of sulfonamides is 1. The molecule has 3 heterocycles. The third-order valence-corrected chi connectivity index (χ3v) is 7.82. The number of piperazine rings is 1. The number of hydrogen-bond acceptors (Lipinski definition) is 4. The molecular weight excluding hydrogens is 389 g/mol. The maximum atomic E-state index is 13.6. The average molecular weight is 409 g/mol. The van der Waals surface area contributed by atoms with Crippen LogP contribution in [0.4, 0.5) is 4.39 Å². The number of hydrogen-bond donors (Lipinski definition) is 1. The van der Waals surface area contributed by atoms with Crippen LogP contribution in [0.2, 0.25) is 0 Å². The summed E-state index contributed by atoms with van der Waals surface area (Å²) < 4.78 is 41.4. The Morgan fingerprint density at radius 2 is 1.59 bits per heavy atom. The fourth-order valence-corrected chi connectivity index (χ4v) is 6.40. The van der Waals surface area contributed by atoms with Crippen molar-refractivity contribution < 1.29 is 12.8 Å². The molecule has 2 fully saturated rings. The Kier molecular flexibility index (Phi) is 4.46. The molecular formula is C22H20FN3O2S. The Hall–Kier alpha value is -2.61. The summed E-state index contributed by atoms with van der Waals surface area (Å²) in [6.45, 7) is 1.17. The minimum atomic E-state index is -3.73. The van der Waals surface area contributed by atoms with Gasteiger partial charge in [0.2, 0.25) is 10.0 Å². The number of rotatable bonds is 4. The van der Waals surface area contributed by atoms with Crippen molar-refractivity contribution >= 4 is 10.0 Å². The van der Waals surface area contributed by atoms with E-state index in [4.69, 9.17) is 0 Å². The molecule has 0 aliphatic carbocycles. The fraction of sp³-hybridized carbons (Fsp3) is 0.227. The summed E-state index contributed by atoms with van der Waals surface area (Å²) in [5, 5.41) is 3.30. The van der Waals surface area contributed by atoms with Crippen LogP contribution in [0.1, 0.15) is 11.5 Å². The molecule has 0 amide bonds. The van der Waals surface area contributed by atoms with E-state index in [9.17, 15) is 12.8 Å². The van der Waals surface area contributed by atoms with E-state index in [0.29, 0.717) is 13.1 Å². The smallest absolute Gasteiger partial charge is 0.243 e. The molecule has 1 N–H and O–H groups in total. The number of nitrogens with zero attached hydrogens (tertiary/aromatic N) is 2. The van der Waals surface area contributed by atoms with Crippen LogP contribution in [0.5, 0.6) is 0 Å². The molecule has 2 aromatic carbocycles. The van der Waals surface area contributed by atoms with Crippen molar-refractivity contribution in [2.45, 2.75) is 22.9 Å². The van der Waals surface area contributed by atoms with E-state index < -0.39 is 15.8 Å². The molecule has 2 aliphatic rings. The second-order valence-electron chi connectivity index (χ2n) is 7.47. The Balaban J connectivity index is 1.43. The molecule has 3 atom stereocenters. The van der Waals surface area contributed by atoms with Gasteiger partial charge in [-0.05, 0) is 47.0 Å². The highest BCUT2D eigenvalue weighted by Gasteiger charge is 2.56. The van der Waals surface area contributed by atoms with Gasteiger partial charge in [-0.15, -0.1) is 0 Å². The van der Waals surface area contributed by atoms with Crippen molar-refractivity contribution in [2.24, 2.45) is 0 Å². The number of benzene rings is 2. The highest BCUT2D eigenvalue weighted by molar-refractivity contribution is 7.89. The van der Waals surface area contributed by atoms with E-state index >= 15 is 0 Å². The molecule has 7 heteroatoms. The molecule has 1 unspecified atom stereocenters. The Morgan fingerprint density at radius 3 is 2.24 bits per heavy atom. The Morgan fingerprint density at radius 1 is 0.931 bits per heavy atom. The van der Waals surface area contributed by atoms with Gasteiger partial charge in [0.05, 0.1) is 4.90 Å². The molecule has 3 aromatic rings. The van der Waals surface area contributed by atoms with Crippen molar-refractivity contribution in [1.82, 2.24) is 14.6 Å². The first kappa shape index (κ1) is 18.4. The summed E-state index contributed by atoms with van der Waals surface area (Å²) in [4.78, 5) is 4.06. The number of halogens is 1. The third kappa shape index (κ3) is 3.06. The van der Waals surface area contributed by atoms with Gasteiger partial charge in [-0.1, -0.05) is 30.3 Å². The summed E-state index contributed by atoms with van der Waals surface area (Å²) >= 11 is 0. The van der Waals surface area contributed by atoms with E-state index in [2.05, 4.69) is 34.6 Å².